The number of hydrogen-bond acceptors (Lipinski definition) is 1. The summed E-state index contributed by atoms with van der Waals surface area (Å²) in [5, 5.41) is 0. The Morgan fingerprint density at radius 1 is 1.06 bits per heavy atom. The summed E-state index contributed by atoms with van der Waals surface area (Å²) in [6.07, 6.45) is 10.3. The third-order valence-electron chi connectivity index (χ3n) is 3.33. The predicted molar refractivity (Wildman–Crippen MR) is 79.5 cm³/mol. The largest absolute Gasteiger partial charge is 0.330 e. The van der Waals surface area contributed by atoms with Gasteiger partial charge in [0.1, 0.15) is 0 Å². The Hall–Kier alpha value is -1.05. The molecule has 2 heteroatoms. The lowest BCUT2D eigenvalue weighted by Crippen LogP contribution is -2.44. The van der Waals surface area contributed by atoms with Gasteiger partial charge in [-0.15, -0.1) is 13.2 Å². The van der Waals surface area contributed by atoms with Crippen LogP contribution in [0.5, 0.6) is 0 Å². The Kier molecular flexibility index (Phi) is 9.35. The Bertz CT molecular complexity index is 240. The van der Waals surface area contributed by atoms with E-state index < -0.39 is 0 Å². The average molecular weight is 251 g/mol. The fourth-order valence-electron chi connectivity index (χ4n) is 2.28. The Morgan fingerprint density at radius 2 is 1.44 bits per heavy atom. The highest BCUT2D eigenvalue weighted by molar-refractivity contribution is 5.74. The van der Waals surface area contributed by atoms with Crippen LogP contribution in [0.15, 0.2) is 25.3 Å². The minimum absolute atomic E-state index is 0.122. The summed E-state index contributed by atoms with van der Waals surface area (Å²) in [7, 11) is 0. The van der Waals surface area contributed by atoms with E-state index in [4.69, 9.17) is 0 Å². The number of carbonyl (C=O) groups excluding carboxylic acids is 1. The molecule has 18 heavy (non-hydrogen) atoms. The molecular weight excluding hydrogens is 222 g/mol. The van der Waals surface area contributed by atoms with Crippen LogP contribution in [0.2, 0.25) is 0 Å². The van der Waals surface area contributed by atoms with Crippen molar-refractivity contribution in [3.05, 3.63) is 25.3 Å². The highest BCUT2D eigenvalue weighted by Crippen LogP contribution is 2.18. The molecule has 0 spiro atoms. The summed E-state index contributed by atoms with van der Waals surface area (Å²) in [4.78, 5) is 13.9. The number of carbonyl (C=O) groups is 1. The smallest absolute Gasteiger partial charge is 0.220 e. The van der Waals surface area contributed by atoms with E-state index >= 15 is 0 Å². The fourth-order valence-corrected chi connectivity index (χ4v) is 2.28. The van der Waals surface area contributed by atoms with Crippen molar-refractivity contribution in [1.82, 2.24) is 4.90 Å². The van der Waals surface area contributed by atoms with Crippen LogP contribution in [0.4, 0.5) is 0 Å². The molecule has 0 aliphatic carbocycles. The van der Waals surface area contributed by atoms with Crippen molar-refractivity contribution in [2.75, 3.05) is 0 Å². The minimum Gasteiger partial charge on any atom is -0.330 e. The number of amides is 1. The Balaban J connectivity index is 4.81. The molecule has 1 amide bonds. The van der Waals surface area contributed by atoms with Gasteiger partial charge in [-0.05, 0) is 12.8 Å². The molecule has 2 atom stereocenters. The van der Waals surface area contributed by atoms with E-state index in [1.54, 1.807) is 6.92 Å². The molecule has 2 nitrogen and oxygen atoms in total. The van der Waals surface area contributed by atoms with Gasteiger partial charge in [0, 0.05) is 6.92 Å². The van der Waals surface area contributed by atoms with E-state index in [2.05, 4.69) is 27.0 Å². The molecular formula is C16H29NO. The molecule has 0 fully saturated rings. The van der Waals surface area contributed by atoms with Gasteiger partial charge < -0.3 is 4.90 Å². The summed E-state index contributed by atoms with van der Waals surface area (Å²) >= 11 is 0. The standard InChI is InChI=1S/C16H29NO/c1-6-10-12-15(8-3)17(14(5)18)16(9-4)13-11-7-2/h8-9,15-16H,3-4,6-7,10-13H2,1-2,5H3. The molecule has 0 N–H and O–H groups in total. The van der Waals surface area contributed by atoms with Crippen LogP contribution in [0, 0.1) is 0 Å². The molecule has 0 heterocycles. The predicted octanol–water partition coefficient (Wildman–Crippen LogP) is 4.32. The van der Waals surface area contributed by atoms with Gasteiger partial charge in [-0.1, -0.05) is 51.7 Å². The van der Waals surface area contributed by atoms with Crippen molar-refractivity contribution in [2.24, 2.45) is 0 Å². The van der Waals surface area contributed by atoms with Gasteiger partial charge in [-0.3, -0.25) is 4.79 Å². The Labute approximate surface area is 113 Å². The summed E-state index contributed by atoms with van der Waals surface area (Å²) in [6, 6.07) is 0.282. The van der Waals surface area contributed by atoms with Gasteiger partial charge in [0.15, 0.2) is 0 Å². The lowest BCUT2D eigenvalue weighted by Gasteiger charge is -2.35. The van der Waals surface area contributed by atoms with Gasteiger partial charge in [-0.2, -0.15) is 0 Å². The average Bonchev–Trinajstić information content (AvgIpc) is 2.37. The maximum absolute atomic E-state index is 11.9. The third kappa shape index (κ3) is 5.52. The van der Waals surface area contributed by atoms with Gasteiger partial charge in [-0.25, -0.2) is 0 Å². The highest BCUT2D eigenvalue weighted by Gasteiger charge is 2.24. The summed E-state index contributed by atoms with van der Waals surface area (Å²) in [5.41, 5.74) is 0. The number of nitrogens with zero attached hydrogens (tertiary/aromatic N) is 1. The molecule has 0 rings (SSSR count). The van der Waals surface area contributed by atoms with Gasteiger partial charge in [0.2, 0.25) is 5.91 Å². The second-order valence-corrected chi connectivity index (χ2v) is 4.82. The van der Waals surface area contributed by atoms with Crippen molar-refractivity contribution >= 4 is 5.91 Å². The van der Waals surface area contributed by atoms with Crippen LogP contribution >= 0.6 is 0 Å². The van der Waals surface area contributed by atoms with Gasteiger partial charge in [0.05, 0.1) is 12.1 Å². The summed E-state index contributed by atoms with van der Waals surface area (Å²) in [6.45, 7) is 13.7. The molecule has 0 saturated carbocycles. The van der Waals surface area contributed by atoms with E-state index in [-0.39, 0.29) is 18.0 Å². The second-order valence-electron chi connectivity index (χ2n) is 4.82. The second kappa shape index (κ2) is 9.93. The lowest BCUT2D eigenvalue weighted by molar-refractivity contribution is -0.132. The zero-order valence-electron chi connectivity index (χ0n) is 12.3. The topological polar surface area (TPSA) is 20.3 Å². The number of unbranched alkanes of at least 4 members (excludes halogenated alkanes) is 2. The SMILES string of the molecule is C=CC(CCCC)N(C(C)=O)C(C=C)CCCC. The van der Waals surface area contributed by atoms with Crippen molar-refractivity contribution < 1.29 is 4.79 Å². The molecule has 0 aliphatic rings. The zero-order chi connectivity index (χ0) is 14.0. The van der Waals surface area contributed by atoms with Gasteiger partial charge in [0.25, 0.3) is 0 Å². The van der Waals surface area contributed by atoms with Crippen molar-refractivity contribution in [1.29, 1.82) is 0 Å². The first kappa shape index (κ1) is 16.9. The highest BCUT2D eigenvalue weighted by atomic mass is 16.2. The van der Waals surface area contributed by atoms with Crippen LogP contribution in [-0.2, 0) is 4.79 Å². The molecule has 0 aromatic heterocycles. The molecule has 104 valence electrons. The van der Waals surface area contributed by atoms with Crippen molar-refractivity contribution in [2.45, 2.75) is 71.4 Å². The molecule has 0 aliphatic heterocycles. The molecule has 0 aromatic rings. The van der Waals surface area contributed by atoms with E-state index in [1.165, 1.54) is 0 Å². The maximum atomic E-state index is 11.9. The monoisotopic (exact) mass is 251 g/mol. The van der Waals surface area contributed by atoms with Crippen LogP contribution in [0.25, 0.3) is 0 Å². The molecule has 0 saturated heterocycles. The Morgan fingerprint density at radius 3 is 1.67 bits per heavy atom. The van der Waals surface area contributed by atoms with E-state index in [0.29, 0.717) is 0 Å². The quantitative estimate of drug-likeness (QED) is 0.529. The van der Waals surface area contributed by atoms with E-state index in [9.17, 15) is 4.79 Å². The first-order valence-corrected chi connectivity index (χ1v) is 7.16. The van der Waals surface area contributed by atoms with Gasteiger partial charge >= 0.3 is 0 Å². The normalized spacial score (nSPS) is 13.7. The summed E-state index contributed by atoms with van der Waals surface area (Å²) < 4.78 is 0. The first-order valence-electron chi connectivity index (χ1n) is 7.16. The fraction of sp³-hybridized carbons (Fsp3) is 0.688. The van der Waals surface area contributed by atoms with E-state index in [1.807, 2.05) is 17.1 Å². The van der Waals surface area contributed by atoms with Crippen LogP contribution in [-0.4, -0.2) is 22.9 Å². The number of rotatable bonds is 10. The van der Waals surface area contributed by atoms with Crippen molar-refractivity contribution in [3.8, 4) is 0 Å². The lowest BCUT2D eigenvalue weighted by atomic mass is 10.0. The minimum atomic E-state index is 0.122. The maximum Gasteiger partial charge on any atom is 0.220 e. The van der Waals surface area contributed by atoms with Crippen LogP contribution < -0.4 is 0 Å². The van der Waals surface area contributed by atoms with E-state index in [0.717, 1.165) is 38.5 Å². The third-order valence-corrected chi connectivity index (χ3v) is 3.33. The van der Waals surface area contributed by atoms with Crippen LogP contribution in [0.1, 0.15) is 59.3 Å². The molecule has 0 bridgehead atoms. The van der Waals surface area contributed by atoms with Crippen molar-refractivity contribution in [3.63, 3.8) is 0 Å². The summed E-state index contributed by atoms with van der Waals surface area (Å²) in [5.74, 6) is 0.122. The molecule has 0 radical (unpaired) electrons. The zero-order valence-corrected chi connectivity index (χ0v) is 12.3. The molecule has 2 unspecified atom stereocenters. The van der Waals surface area contributed by atoms with Crippen LogP contribution in [0.3, 0.4) is 0 Å². The molecule has 0 aromatic carbocycles. The number of hydrogen-bond donors (Lipinski definition) is 0. The first-order chi connectivity index (χ1) is 8.62.